The molecule has 0 unspecified atom stereocenters. The standard InChI is InChI=1S/C13H15N3O3/c1-17-13-12(15-16-14)11(7-8-18-13)19-9-10-5-3-2-4-6-10/h2-8,11-13H,9H2,1H3/t11-,12+,13-/m0/s1. The van der Waals surface area contributed by atoms with Gasteiger partial charge in [0.05, 0.1) is 19.0 Å². The fourth-order valence-corrected chi connectivity index (χ4v) is 1.85. The van der Waals surface area contributed by atoms with Crippen LogP contribution in [0.5, 0.6) is 0 Å². The predicted octanol–water partition coefficient (Wildman–Crippen LogP) is 2.77. The molecule has 1 aromatic rings. The van der Waals surface area contributed by atoms with Crippen LogP contribution in [0.25, 0.3) is 10.4 Å². The van der Waals surface area contributed by atoms with Crippen LogP contribution in [-0.2, 0) is 20.8 Å². The van der Waals surface area contributed by atoms with Crippen LogP contribution in [0.3, 0.4) is 0 Å². The normalized spacial score (nSPS) is 25.4. The lowest BCUT2D eigenvalue weighted by atomic mass is 10.1. The van der Waals surface area contributed by atoms with E-state index < -0.39 is 12.3 Å². The lowest BCUT2D eigenvalue weighted by Gasteiger charge is -2.30. The van der Waals surface area contributed by atoms with Crippen LogP contribution in [0, 0.1) is 0 Å². The van der Waals surface area contributed by atoms with Crippen molar-refractivity contribution in [2.45, 2.75) is 25.0 Å². The Hall–Kier alpha value is -2.01. The third-order valence-corrected chi connectivity index (χ3v) is 2.80. The van der Waals surface area contributed by atoms with Crippen LogP contribution in [0.1, 0.15) is 5.56 Å². The Bertz CT molecular complexity index is 471. The van der Waals surface area contributed by atoms with E-state index in [2.05, 4.69) is 10.0 Å². The van der Waals surface area contributed by atoms with E-state index in [1.807, 2.05) is 30.3 Å². The van der Waals surface area contributed by atoms with Gasteiger partial charge in [-0.05, 0) is 17.2 Å². The quantitative estimate of drug-likeness (QED) is 0.464. The summed E-state index contributed by atoms with van der Waals surface area (Å²) in [4.78, 5) is 2.81. The third kappa shape index (κ3) is 3.48. The van der Waals surface area contributed by atoms with Crippen molar-refractivity contribution >= 4 is 0 Å². The van der Waals surface area contributed by atoms with Gasteiger partial charge in [0.25, 0.3) is 0 Å². The van der Waals surface area contributed by atoms with Gasteiger partial charge in [-0.25, -0.2) is 0 Å². The molecular weight excluding hydrogens is 246 g/mol. The van der Waals surface area contributed by atoms with Crippen LogP contribution < -0.4 is 0 Å². The maximum absolute atomic E-state index is 8.60. The second-order valence-corrected chi connectivity index (χ2v) is 4.03. The average molecular weight is 261 g/mol. The van der Waals surface area contributed by atoms with E-state index >= 15 is 0 Å². The summed E-state index contributed by atoms with van der Waals surface area (Å²) in [6, 6.07) is 9.24. The van der Waals surface area contributed by atoms with Gasteiger partial charge < -0.3 is 14.2 Å². The zero-order chi connectivity index (χ0) is 13.5. The predicted molar refractivity (Wildman–Crippen MR) is 69.0 cm³/mol. The third-order valence-electron chi connectivity index (χ3n) is 2.80. The Morgan fingerprint density at radius 2 is 2.16 bits per heavy atom. The highest BCUT2D eigenvalue weighted by Gasteiger charge is 2.32. The number of methoxy groups -OCH3 is 1. The molecule has 3 atom stereocenters. The lowest BCUT2D eigenvalue weighted by molar-refractivity contribution is -0.133. The van der Waals surface area contributed by atoms with Gasteiger partial charge in [-0.1, -0.05) is 35.4 Å². The van der Waals surface area contributed by atoms with Gasteiger partial charge in [0, 0.05) is 12.0 Å². The van der Waals surface area contributed by atoms with E-state index in [1.165, 1.54) is 13.4 Å². The SMILES string of the molecule is CO[C@H]1OC=C[C@H](OCc2ccccc2)[C@H]1N=[N+]=[N-]. The first-order valence-corrected chi connectivity index (χ1v) is 5.90. The van der Waals surface area contributed by atoms with Crippen molar-refractivity contribution in [3.63, 3.8) is 0 Å². The molecule has 1 aliphatic heterocycles. The molecule has 1 aliphatic rings. The van der Waals surface area contributed by atoms with E-state index in [0.717, 1.165) is 5.56 Å². The molecule has 0 radical (unpaired) electrons. The fraction of sp³-hybridized carbons (Fsp3) is 0.385. The molecule has 1 heterocycles. The molecule has 6 heteroatoms. The summed E-state index contributed by atoms with van der Waals surface area (Å²) in [6.45, 7) is 0.434. The van der Waals surface area contributed by atoms with Crippen LogP contribution >= 0.6 is 0 Å². The Morgan fingerprint density at radius 1 is 1.37 bits per heavy atom. The number of nitrogens with zero attached hydrogens (tertiary/aromatic N) is 3. The Kier molecular flexibility index (Phi) is 4.80. The molecular formula is C13H15N3O3. The Morgan fingerprint density at radius 3 is 2.84 bits per heavy atom. The number of benzene rings is 1. The largest absolute Gasteiger partial charge is 0.472 e. The fourth-order valence-electron chi connectivity index (χ4n) is 1.85. The Labute approximate surface area is 111 Å². The summed E-state index contributed by atoms with van der Waals surface area (Å²) in [5, 5.41) is 3.68. The number of ether oxygens (including phenoxy) is 3. The van der Waals surface area contributed by atoms with Crippen LogP contribution in [-0.4, -0.2) is 25.5 Å². The summed E-state index contributed by atoms with van der Waals surface area (Å²) >= 11 is 0. The van der Waals surface area contributed by atoms with Gasteiger partial charge in [0.2, 0.25) is 6.29 Å². The molecule has 2 rings (SSSR count). The summed E-state index contributed by atoms with van der Waals surface area (Å²) in [7, 11) is 1.50. The number of rotatable bonds is 5. The summed E-state index contributed by atoms with van der Waals surface area (Å²) in [5.41, 5.74) is 9.65. The highest BCUT2D eigenvalue weighted by molar-refractivity contribution is 5.13. The summed E-state index contributed by atoms with van der Waals surface area (Å²) in [6.07, 6.45) is 2.24. The van der Waals surface area contributed by atoms with Crippen LogP contribution in [0.15, 0.2) is 47.8 Å². The second kappa shape index (κ2) is 6.80. The van der Waals surface area contributed by atoms with Crippen molar-refractivity contribution in [3.05, 3.63) is 58.7 Å². The second-order valence-electron chi connectivity index (χ2n) is 4.03. The van der Waals surface area contributed by atoms with Crippen LogP contribution in [0.4, 0.5) is 0 Å². The van der Waals surface area contributed by atoms with E-state index in [0.29, 0.717) is 6.61 Å². The van der Waals surface area contributed by atoms with Gasteiger partial charge in [-0.15, -0.1) is 0 Å². The molecule has 0 amide bonds. The van der Waals surface area contributed by atoms with Crippen molar-refractivity contribution in [2.24, 2.45) is 5.11 Å². The zero-order valence-electron chi connectivity index (χ0n) is 10.5. The molecule has 0 aliphatic carbocycles. The smallest absolute Gasteiger partial charge is 0.210 e. The van der Waals surface area contributed by atoms with E-state index in [9.17, 15) is 0 Å². The van der Waals surface area contributed by atoms with Crippen molar-refractivity contribution in [1.82, 2.24) is 0 Å². The molecule has 19 heavy (non-hydrogen) atoms. The van der Waals surface area contributed by atoms with Crippen molar-refractivity contribution < 1.29 is 14.2 Å². The maximum Gasteiger partial charge on any atom is 0.210 e. The maximum atomic E-state index is 8.60. The van der Waals surface area contributed by atoms with E-state index in [1.54, 1.807) is 6.08 Å². The van der Waals surface area contributed by atoms with Crippen molar-refractivity contribution in [3.8, 4) is 0 Å². The molecule has 0 bridgehead atoms. The minimum atomic E-state index is -0.623. The minimum Gasteiger partial charge on any atom is -0.472 e. The molecule has 0 saturated carbocycles. The highest BCUT2D eigenvalue weighted by Crippen LogP contribution is 2.20. The molecule has 0 N–H and O–H groups in total. The van der Waals surface area contributed by atoms with Crippen LogP contribution in [0.2, 0.25) is 0 Å². The molecule has 0 aromatic heterocycles. The summed E-state index contributed by atoms with van der Waals surface area (Å²) < 4.78 is 16.1. The van der Waals surface area contributed by atoms with E-state index in [-0.39, 0.29) is 6.10 Å². The molecule has 100 valence electrons. The first-order chi connectivity index (χ1) is 9.35. The monoisotopic (exact) mass is 261 g/mol. The van der Waals surface area contributed by atoms with Gasteiger partial charge >= 0.3 is 0 Å². The molecule has 0 fully saturated rings. The first kappa shape index (κ1) is 13.4. The number of hydrogen-bond donors (Lipinski definition) is 0. The molecule has 6 nitrogen and oxygen atoms in total. The van der Waals surface area contributed by atoms with Gasteiger partial charge in [0.15, 0.2) is 0 Å². The van der Waals surface area contributed by atoms with Gasteiger partial charge in [0.1, 0.15) is 6.04 Å². The van der Waals surface area contributed by atoms with Crippen molar-refractivity contribution in [1.29, 1.82) is 0 Å². The first-order valence-electron chi connectivity index (χ1n) is 5.90. The highest BCUT2D eigenvalue weighted by atomic mass is 16.7. The molecule has 1 aromatic carbocycles. The lowest BCUT2D eigenvalue weighted by Crippen LogP contribution is -2.41. The van der Waals surface area contributed by atoms with E-state index in [4.69, 9.17) is 19.7 Å². The average Bonchev–Trinajstić information content (AvgIpc) is 2.47. The minimum absolute atomic E-state index is 0.366. The van der Waals surface area contributed by atoms with Crippen molar-refractivity contribution in [2.75, 3.05) is 7.11 Å². The molecule has 0 saturated heterocycles. The number of azide groups is 1. The number of hydrogen-bond acceptors (Lipinski definition) is 4. The zero-order valence-corrected chi connectivity index (χ0v) is 10.5. The summed E-state index contributed by atoms with van der Waals surface area (Å²) in [5.74, 6) is 0. The van der Waals surface area contributed by atoms with Gasteiger partial charge in [-0.2, -0.15) is 0 Å². The Balaban J connectivity index is 2.02. The molecule has 0 spiro atoms. The van der Waals surface area contributed by atoms with Gasteiger partial charge in [-0.3, -0.25) is 0 Å². The topological polar surface area (TPSA) is 76.5 Å².